The fraction of sp³-hybridized carbons (Fsp3) is 0.833. The van der Waals surface area contributed by atoms with Crippen LogP contribution < -0.4 is 0 Å². The Bertz CT molecular complexity index is 557. The highest BCUT2D eigenvalue weighted by Crippen LogP contribution is 2.42. The summed E-state index contributed by atoms with van der Waals surface area (Å²) in [5, 5.41) is 0. The summed E-state index contributed by atoms with van der Waals surface area (Å²) >= 11 is 0. The molecule has 0 saturated heterocycles. The van der Waals surface area contributed by atoms with Crippen LogP contribution in [0.15, 0.2) is 0 Å². The molecule has 2 rings (SSSR count). The van der Waals surface area contributed by atoms with Gasteiger partial charge in [0.15, 0.2) is 0 Å². The summed E-state index contributed by atoms with van der Waals surface area (Å²) in [7, 11) is 0. The summed E-state index contributed by atoms with van der Waals surface area (Å²) < 4.78 is 0. The number of Topliss-reactive ketones (excluding diaryl/α,β-unsaturated/α-hetero) is 2. The van der Waals surface area contributed by atoms with Crippen LogP contribution in [0.3, 0.4) is 0 Å². The van der Waals surface area contributed by atoms with Crippen molar-refractivity contribution in [1.29, 1.82) is 0 Å². The maximum atomic E-state index is 13.0. The molecule has 0 atom stereocenters. The van der Waals surface area contributed by atoms with E-state index in [9.17, 15) is 19.2 Å². The quantitative estimate of drug-likeness (QED) is 0.266. The molecule has 6 heteroatoms. The van der Waals surface area contributed by atoms with Gasteiger partial charge in [-0.25, -0.2) is 19.4 Å². The minimum Gasteiger partial charge on any atom is -0.298 e. The number of unbranched alkanes of at least 4 members (excludes halogenated alkanes) is 2. The second-order valence-corrected chi connectivity index (χ2v) is 9.08. The third-order valence-electron chi connectivity index (χ3n) is 6.97. The zero-order chi connectivity index (χ0) is 22.0. The van der Waals surface area contributed by atoms with Crippen LogP contribution in [0.5, 0.6) is 0 Å². The molecule has 2 aliphatic rings. The van der Waals surface area contributed by atoms with Crippen LogP contribution in [-0.4, -0.2) is 23.5 Å². The topological polar surface area (TPSA) is 86.7 Å². The van der Waals surface area contributed by atoms with Gasteiger partial charge >= 0.3 is 11.9 Å². The molecule has 170 valence electrons. The van der Waals surface area contributed by atoms with Crippen molar-refractivity contribution in [1.82, 2.24) is 0 Å². The van der Waals surface area contributed by atoms with Gasteiger partial charge in [-0.2, -0.15) is 0 Å². The van der Waals surface area contributed by atoms with Gasteiger partial charge in [0.05, 0.1) is 0 Å². The van der Waals surface area contributed by atoms with Crippen molar-refractivity contribution in [2.24, 2.45) is 10.8 Å². The van der Waals surface area contributed by atoms with E-state index in [0.717, 1.165) is 64.2 Å². The molecule has 0 heterocycles. The Morgan fingerprint density at radius 3 is 1.23 bits per heavy atom. The standard InChI is InChI=1S/C24H38O6/c1-3-5-13-19(25)23(15-9-7-10-16-23)21(27)29-30-22(28)24(17-11-8-12-18-24)20(26)14-6-4-2/h3-18H2,1-2H3. The van der Waals surface area contributed by atoms with E-state index in [0.29, 0.717) is 38.5 Å². The molecule has 2 aliphatic carbocycles. The van der Waals surface area contributed by atoms with E-state index in [2.05, 4.69) is 0 Å². The molecule has 0 radical (unpaired) electrons. The number of ketones is 2. The van der Waals surface area contributed by atoms with Crippen LogP contribution in [0.4, 0.5) is 0 Å². The number of hydrogen-bond donors (Lipinski definition) is 0. The van der Waals surface area contributed by atoms with E-state index < -0.39 is 22.8 Å². The van der Waals surface area contributed by atoms with Crippen LogP contribution in [0.2, 0.25) is 0 Å². The van der Waals surface area contributed by atoms with Crippen molar-refractivity contribution in [3.63, 3.8) is 0 Å². The Labute approximate surface area is 180 Å². The third-order valence-corrected chi connectivity index (χ3v) is 6.97. The summed E-state index contributed by atoms with van der Waals surface area (Å²) in [6.07, 6.45) is 10.7. The highest BCUT2D eigenvalue weighted by Gasteiger charge is 2.51. The first-order valence-electron chi connectivity index (χ1n) is 11.9. The van der Waals surface area contributed by atoms with Gasteiger partial charge in [-0.1, -0.05) is 65.2 Å². The van der Waals surface area contributed by atoms with E-state index in [1.165, 1.54) is 0 Å². The van der Waals surface area contributed by atoms with Crippen LogP contribution in [0.1, 0.15) is 117 Å². The summed E-state index contributed by atoms with van der Waals surface area (Å²) in [4.78, 5) is 61.7. The van der Waals surface area contributed by atoms with Crippen molar-refractivity contribution in [3.05, 3.63) is 0 Å². The Hall–Kier alpha value is -1.72. The molecule has 2 fully saturated rings. The first kappa shape index (κ1) is 24.5. The molecule has 2 saturated carbocycles. The predicted molar refractivity (Wildman–Crippen MR) is 112 cm³/mol. The maximum absolute atomic E-state index is 13.0. The lowest BCUT2D eigenvalue weighted by Crippen LogP contribution is -2.45. The lowest BCUT2D eigenvalue weighted by atomic mass is 9.70. The van der Waals surface area contributed by atoms with Crippen LogP contribution in [0.25, 0.3) is 0 Å². The van der Waals surface area contributed by atoms with Crippen molar-refractivity contribution in [3.8, 4) is 0 Å². The Morgan fingerprint density at radius 1 is 0.600 bits per heavy atom. The minimum atomic E-state index is -1.21. The number of carbonyl (C=O) groups excluding carboxylic acids is 4. The zero-order valence-corrected chi connectivity index (χ0v) is 18.8. The van der Waals surface area contributed by atoms with Gasteiger partial charge in [0.2, 0.25) is 0 Å². The van der Waals surface area contributed by atoms with E-state index in [4.69, 9.17) is 9.78 Å². The molecule has 0 aromatic rings. The number of carbonyl (C=O) groups is 4. The molecule has 0 unspecified atom stereocenters. The third kappa shape index (κ3) is 5.50. The summed E-state index contributed by atoms with van der Waals surface area (Å²) in [5.41, 5.74) is -2.42. The van der Waals surface area contributed by atoms with Crippen LogP contribution in [-0.2, 0) is 29.0 Å². The van der Waals surface area contributed by atoms with Gasteiger partial charge in [-0.3, -0.25) is 9.59 Å². The molecule has 0 bridgehead atoms. The zero-order valence-electron chi connectivity index (χ0n) is 18.8. The first-order chi connectivity index (χ1) is 14.4. The largest absolute Gasteiger partial charge is 0.369 e. The van der Waals surface area contributed by atoms with E-state index in [1.807, 2.05) is 13.8 Å². The summed E-state index contributed by atoms with van der Waals surface area (Å²) in [6.45, 7) is 4.00. The lowest BCUT2D eigenvalue weighted by Gasteiger charge is -2.34. The maximum Gasteiger partial charge on any atom is 0.369 e. The van der Waals surface area contributed by atoms with Crippen LogP contribution in [0, 0.1) is 10.8 Å². The monoisotopic (exact) mass is 422 g/mol. The van der Waals surface area contributed by atoms with Crippen molar-refractivity contribution in [2.45, 2.75) is 117 Å². The molecule has 30 heavy (non-hydrogen) atoms. The number of hydrogen-bond acceptors (Lipinski definition) is 6. The smallest absolute Gasteiger partial charge is 0.298 e. The lowest BCUT2D eigenvalue weighted by molar-refractivity contribution is -0.273. The van der Waals surface area contributed by atoms with Gasteiger partial charge in [0, 0.05) is 12.8 Å². The summed E-state index contributed by atoms with van der Waals surface area (Å²) in [5.74, 6) is -1.75. The van der Waals surface area contributed by atoms with Gasteiger partial charge in [0.25, 0.3) is 0 Å². The van der Waals surface area contributed by atoms with Crippen molar-refractivity contribution in [2.75, 3.05) is 0 Å². The Morgan fingerprint density at radius 2 is 0.933 bits per heavy atom. The fourth-order valence-corrected chi connectivity index (χ4v) is 4.89. The van der Waals surface area contributed by atoms with Crippen LogP contribution >= 0.6 is 0 Å². The van der Waals surface area contributed by atoms with E-state index >= 15 is 0 Å². The van der Waals surface area contributed by atoms with Crippen molar-refractivity contribution >= 4 is 23.5 Å². The van der Waals surface area contributed by atoms with Crippen molar-refractivity contribution < 1.29 is 29.0 Å². The normalized spacial score (nSPS) is 20.2. The second kappa shape index (κ2) is 11.6. The molecule has 0 N–H and O–H groups in total. The molecular formula is C24H38O6. The molecule has 6 nitrogen and oxygen atoms in total. The molecule has 0 aliphatic heterocycles. The Balaban J connectivity index is 2.09. The SMILES string of the molecule is CCCCC(=O)C1(C(=O)OOC(=O)C2(C(=O)CCCC)CCCCC2)CCCCC1. The molecule has 0 aromatic carbocycles. The minimum absolute atomic E-state index is 0.114. The molecule has 0 aromatic heterocycles. The van der Waals surface area contributed by atoms with Gasteiger partial charge < -0.3 is 0 Å². The second-order valence-electron chi connectivity index (χ2n) is 9.08. The number of rotatable bonds is 10. The van der Waals surface area contributed by atoms with E-state index in [1.54, 1.807) is 0 Å². The van der Waals surface area contributed by atoms with Gasteiger partial charge in [-0.05, 0) is 38.5 Å². The summed E-state index contributed by atoms with van der Waals surface area (Å²) in [6, 6.07) is 0. The molecule has 0 amide bonds. The fourth-order valence-electron chi connectivity index (χ4n) is 4.89. The molecule has 0 spiro atoms. The van der Waals surface area contributed by atoms with Gasteiger partial charge in [0.1, 0.15) is 22.4 Å². The first-order valence-corrected chi connectivity index (χ1v) is 11.9. The highest BCUT2D eigenvalue weighted by molar-refractivity contribution is 6.05. The predicted octanol–water partition coefficient (Wildman–Crippen LogP) is 5.41. The van der Waals surface area contributed by atoms with Gasteiger partial charge in [-0.15, -0.1) is 0 Å². The highest BCUT2D eigenvalue weighted by atomic mass is 17.2. The Kier molecular flexibility index (Phi) is 9.50. The average Bonchev–Trinajstić information content (AvgIpc) is 2.79. The average molecular weight is 423 g/mol. The molecular weight excluding hydrogens is 384 g/mol. The van der Waals surface area contributed by atoms with E-state index in [-0.39, 0.29) is 11.6 Å².